The molecule has 1 aromatic heterocycles. The van der Waals surface area contributed by atoms with Crippen molar-refractivity contribution in [3.8, 4) is 0 Å². The molecule has 0 saturated heterocycles. The summed E-state index contributed by atoms with van der Waals surface area (Å²) in [5, 5.41) is 18.6. The standard InChI is InChI=1S/C12H20N2O3S/c1-3-14(6-7-15)5-4-11-13-9(2)10(18-11)8-12(16)17/h15H,3-8H2,1-2H3,(H,16,17). The van der Waals surface area contributed by atoms with E-state index in [1.807, 2.05) is 6.92 Å². The first-order chi connectivity index (χ1) is 8.56. The minimum atomic E-state index is -0.816. The number of carbonyl (C=O) groups is 1. The van der Waals surface area contributed by atoms with Crippen LogP contribution in [0.15, 0.2) is 0 Å². The van der Waals surface area contributed by atoms with Crippen molar-refractivity contribution < 1.29 is 15.0 Å². The summed E-state index contributed by atoms with van der Waals surface area (Å²) in [5.41, 5.74) is 0.822. The molecule has 18 heavy (non-hydrogen) atoms. The first-order valence-corrected chi connectivity index (χ1v) is 6.88. The molecule has 6 heteroatoms. The van der Waals surface area contributed by atoms with Crippen molar-refractivity contribution in [2.75, 3.05) is 26.2 Å². The highest BCUT2D eigenvalue weighted by molar-refractivity contribution is 7.11. The zero-order chi connectivity index (χ0) is 13.5. The van der Waals surface area contributed by atoms with Crippen molar-refractivity contribution in [1.29, 1.82) is 0 Å². The summed E-state index contributed by atoms with van der Waals surface area (Å²) < 4.78 is 0. The summed E-state index contributed by atoms with van der Waals surface area (Å²) in [5.74, 6) is -0.816. The van der Waals surface area contributed by atoms with Crippen LogP contribution in [0, 0.1) is 6.92 Å². The number of nitrogens with zero attached hydrogens (tertiary/aromatic N) is 2. The zero-order valence-electron chi connectivity index (χ0n) is 10.8. The summed E-state index contributed by atoms with van der Waals surface area (Å²) in [6.07, 6.45) is 0.858. The van der Waals surface area contributed by atoms with Gasteiger partial charge in [-0.15, -0.1) is 11.3 Å². The molecule has 0 spiro atoms. The van der Waals surface area contributed by atoms with Crippen LogP contribution in [-0.4, -0.2) is 52.3 Å². The van der Waals surface area contributed by atoms with Gasteiger partial charge in [0.15, 0.2) is 0 Å². The van der Waals surface area contributed by atoms with Gasteiger partial charge in [-0.05, 0) is 13.5 Å². The molecular weight excluding hydrogens is 252 g/mol. The highest BCUT2D eigenvalue weighted by Crippen LogP contribution is 2.19. The van der Waals surface area contributed by atoms with Gasteiger partial charge < -0.3 is 15.1 Å². The lowest BCUT2D eigenvalue weighted by molar-refractivity contribution is -0.136. The third kappa shape index (κ3) is 4.72. The first kappa shape index (κ1) is 15.1. The lowest BCUT2D eigenvalue weighted by atomic mass is 10.3. The lowest BCUT2D eigenvalue weighted by Gasteiger charge is -2.17. The summed E-state index contributed by atoms with van der Waals surface area (Å²) in [6, 6.07) is 0. The van der Waals surface area contributed by atoms with Crippen LogP contribution in [0.25, 0.3) is 0 Å². The Morgan fingerprint density at radius 2 is 2.17 bits per heavy atom. The molecule has 0 radical (unpaired) electrons. The Bertz CT molecular complexity index is 393. The quantitative estimate of drug-likeness (QED) is 0.736. The molecule has 5 nitrogen and oxygen atoms in total. The number of thiazole rings is 1. The normalized spacial score (nSPS) is 11.1. The van der Waals surface area contributed by atoms with Gasteiger partial charge in [0.2, 0.25) is 0 Å². The Morgan fingerprint density at radius 1 is 1.44 bits per heavy atom. The summed E-state index contributed by atoms with van der Waals surface area (Å²) in [6.45, 7) is 6.48. The largest absolute Gasteiger partial charge is 0.481 e. The fourth-order valence-electron chi connectivity index (χ4n) is 1.72. The number of aryl methyl sites for hydroxylation is 1. The minimum absolute atomic E-state index is 0.0532. The van der Waals surface area contributed by atoms with E-state index in [0.717, 1.165) is 35.1 Å². The van der Waals surface area contributed by atoms with Crippen molar-refractivity contribution >= 4 is 17.3 Å². The maximum Gasteiger partial charge on any atom is 0.308 e. The van der Waals surface area contributed by atoms with Crippen LogP contribution in [0.2, 0.25) is 0 Å². The summed E-state index contributed by atoms with van der Waals surface area (Å²) in [4.78, 5) is 18.0. The molecule has 1 aromatic rings. The van der Waals surface area contributed by atoms with Gasteiger partial charge in [0, 0.05) is 24.4 Å². The number of aliphatic carboxylic acids is 1. The molecule has 0 unspecified atom stereocenters. The van der Waals surface area contributed by atoms with Gasteiger partial charge in [0.05, 0.1) is 23.7 Å². The highest BCUT2D eigenvalue weighted by Gasteiger charge is 2.11. The van der Waals surface area contributed by atoms with Crippen molar-refractivity contribution in [3.05, 3.63) is 15.6 Å². The van der Waals surface area contributed by atoms with Gasteiger partial charge in [0.25, 0.3) is 0 Å². The average Bonchev–Trinajstić information content (AvgIpc) is 2.64. The van der Waals surface area contributed by atoms with E-state index in [1.165, 1.54) is 11.3 Å². The Morgan fingerprint density at radius 3 is 2.72 bits per heavy atom. The summed E-state index contributed by atoms with van der Waals surface area (Å²) in [7, 11) is 0. The second-order valence-electron chi connectivity index (χ2n) is 4.09. The maximum absolute atomic E-state index is 10.7. The molecular formula is C12H20N2O3S. The number of hydrogen-bond donors (Lipinski definition) is 2. The number of aliphatic hydroxyl groups excluding tert-OH is 1. The second-order valence-corrected chi connectivity index (χ2v) is 5.26. The van der Waals surface area contributed by atoms with E-state index in [1.54, 1.807) is 0 Å². The number of likely N-dealkylation sites (N-methyl/N-ethyl adjacent to an activating group) is 1. The average molecular weight is 272 g/mol. The van der Waals surface area contributed by atoms with E-state index >= 15 is 0 Å². The SMILES string of the molecule is CCN(CCO)CCc1nc(C)c(CC(=O)O)s1. The molecule has 2 N–H and O–H groups in total. The van der Waals surface area contributed by atoms with E-state index in [9.17, 15) is 4.79 Å². The molecule has 0 bridgehead atoms. The maximum atomic E-state index is 10.7. The third-order valence-corrected chi connectivity index (χ3v) is 3.97. The van der Waals surface area contributed by atoms with Crippen LogP contribution < -0.4 is 0 Å². The lowest BCUT2D eigenvalue weighted by Crippen LogP contribution is -2.28. The molecule has 0 aliphatic rings. The second kappa shape index (κ2) is 7.45. The van der Waals surface area contributed by atoms with Crippen molar-refractivity contribution in [3.63, 3.8) is 0 Å². The van der Waals surface area contributed by atoms with Crippen molar-refractivity contribution in [1.82, 2.24) is 9.88 Å². The Balaban J connectivity index is 2.54. The molecule has 0 fully saturated rings. The molecule has 1 heterocycles. The van der Waals surface area contributed by atoms with Gasteiger partial charge in [0.1, 0.15) is 0 Å². The number of carboxylic acid groups (broad SMARTS) is 1. The number of aromatic nitrogens is 1. The molecule has 0 aliphatic carbocycles. The smallest absolute Gasteiger partial charge is 0.308 e. The number of rotatable bonds is 8. The van der Waals surface area contributed by atoms with Gasteiger partial charge in [-0.25, -0.2) is 4.98 Å². The Hall–Kier alpha value is -0.980. The van der Waals surface area contributed by atoms with Crippen LogP contribution in [0.5, 0.6) is 0 Å². The molecule has 1 rings (SSSR count). The molecule has 0 aliphatic heterocycles. The van der Waals surface area contributed by atoms with E-state index in [4.69, 9.17) is 10.2 Å². The van der Waals surface area contributed by atoms with Crippen molar-refractivity contribution in [2.45, 2.75) is 26.7 Å². The van der Waals surface area contributed by atoms with E-state index < -0.39 is 5.97 Å². The van der Waals surface area contributed by atoms with Crippen LogP contribution >= 0.6 is 11.3 Å². The van der Waals surface area contributed by atoms with E-state index in [2.05, 4.69) is 16.8 Å². The molecule has 102 valence electrons. The number of hydrogen-bond acceptors (Lipinski definition) is 5. The van der Waals surface area contributed by atoms with Crippen LogP contribution in [0.3, 0.4) is 0 Å². The van der Waals surface area contributed by atoms with Crippen LogP contribution in [-0.2, 0) is 17.6 Å². The highest BCUT2D eigenvalue weighted by atomic mass is 32.1. The molecule has 0 atom stereocenters. The third-order valence-electron chi connectivity index (χ3n) is 2.75. The van der Waals surface area contributed by atoms with E-state index in [-0.39, 0.29) is 13.0 Å². The van der Waals surface area contributed by atoms with Crippen LogP contribution in [0.1, 0.15) is 22.5 Å². The fraction of sp³-hybridized carbons (Fsp3) is 0.667. The van der Waals surface area contributed by atoms with Crippen molar-refractivity contribution in [2.24, 2.45) is 0 Å². The van der Waals surface area contributed by atoms with Gasteiger partial charge in [-0.2, -0.15) is 0 Å². The molecule has 0 amide bonds. The Labute approximate surface area is 111 Å². The van der Waals surface area contributed by atoms with Gasteiger partial charge >= 0.3 is 5.97 Å². The van der Waals surface area contributed by atoms with Crippen LogP contribution in [0.4, 0.5) is 0 Å². The topological polar surface area (TPSA) is 73.7 Å². The first-order valence-electron chi connectivity index (χ1n) is 6.07. The number of carboxylic acids is 1. The monoisotopic (exact) mass is 272 g/mol. The predicted molar refractivity (Wildman–Crippen MR) is 71.1 cm³/mol. The predicted octanol–water partition coefficient (Wildman–Crippen LogP) is 0.935. The minimum Gasteiger partial charge on any atom is -0.481 e. The number of aliphatic hydroxyl groups is 1. The Kier molecular flexibility index (Phi) is 6.24. The summed E-state index contributed by atoms with van der Waals surface area (Å²) >= 11 is 1.48. The van der Waals surface area contributed by atoms with Gasteiger partial charge in [-0.3, -0.25) is 4.79 Å². The van der Waals surface area contributed by atoms with E-state index in [0.29, 0.717) is 6.54 Å². The zero-order valence-corrected chi connectivity index (χ0v) is 11.7. The molecule has 0 saturated carbocycles. The fourth-order valence-corrected chi connectivity index (χ4v) is 2.77. The van der Waals surface area contributed by atoms with Gasteiger partial charge in [-0.1, -0.05) is 6.92 Å². The molecule has 0 aromatic carbocycles.